The molecule has 1 aliphatic carbocycles. The van der Waals surface area contributed by atoms with E-state index in [1.165, 1.54) is 5.56 Å². The summed E-state index contributed by atoms with van der Waals surface area (Å²) >= 11 is 0. The van der Waals surface area contributed by atoms with Gasteiger partial charge in [-0.05, 0) is 48.9 Å². The van der Waals surface area contributed by atoms with Crippen LogP contribution in [-0.4, -0.2) is 52.2 Å². The van der Waals surface area contributed by atoms with Crippen molar-refractivity contribution in [3.8, 4) is 0 Å². The van der Waals surface area contributed by atoms with Crippen LogP contribution in [0.25, 0.3) is 0 Å². The van der Waals surface area contributed by atoms with Crippen LogP contribution in [0, 0.1) is 5.92 Å². The molecule has 0 aromatic carbocycles. The van der Waals surface area contributed by atoms with E-state index in [9.17, 15) is 4.79 Å². The van der Waals surface area contributed by atoms with Gasteiger partial charge in [-0.25, -0.2) is 0 Å². The Labute approximate surface area is 147 Å². The lowest BCUT2D eigenvalue weighted by atomic mass is 10.0. The van der Waals surface area contributed by atoms with E-state index in [1.807, 2.05) is 29.3 Å². The molecule has 2 unspecified atom stereocenters. The van der Waals surface area contributed by atoms with Gasteiger partial charge in [-0.2, -0.15) is 5.10 Å². The molecule has 2 fully saturated rings. The van der Waals surface area contributed by atoms with E-state index < -0.39 is 0 Å². The highest BCUT2D eigenvalue weighted by molar-refractivity contribution is 5.83. The molecule has 6 heteroatoms. The van der Waals surface area contributed by atoms with Gasteiger partial charge in [-0.15, -0.1) is 5.10 Å². The first kappa shape index (κ1) is 16.0. The lowest BCUT2D eigenvalue weighted by Crippen LogP contribution is -2.46. The molecule has 1 saturated carbocycles. The van der Waals surface area contributed by atoms with Gasteiger partial charge in [0.1, 0.15) is 0 Å². The average Bonchev–Trinajstić information content (AvgIpc) is 3.49. The molecule has 2 aromatic heterocycles. The molecule has 1 aliphatic heterocycles. The van der Waals surface area contributed by atoms with Crippen LogP contribution in [0.4, 0.5) is 5.82 Å². The highest BCUT2D eigenvalue weighted by atomic mass is 16.2. The molecule has 3 heterocycles. The molecule has 4 rings (SSSR count). The summed E-state index contributed by atoms with van der Waals surface area (Å²) in [6, 6.07) is 8.32. The number of hydrogen-bond donors (Lipinski definition) is 0. The molecule has 2 aromatic rings. The van der Waals surface area contributed by atoms with Crippen LogP contribution in [0.3, 0.4) is 0 Å². The van der Waals surface area contributed by atoms with Crippen LogP contribution in [0.2, 0.25) is 0 Å². The smallest absolute Gasteiger partial charge is 0.226 e. The van der Waals surface area contributed by atoms with Gasteiger partial charge < -0.3 is 9.80 Å². The standard InChI is InChI=1S/C19H23N5O/c1-23(18-5-3-9-21-22-18)15-6-10-24(11-7-15)19(25)17-12-16(17)14-4-2-8-20-13-14/h2-5,8-9,13,15-17H,6-7,10-12H2,1H3. The van der Waals surface area contributed by atoms with Crippen molar-refractivity contribution in [3.63, 3.8) is 0 Å². The number of nitrogens with zero attached hydrogens (tertiary/aromatic N) is 5. The molecule has 0 bridgehead atoms. The normalized spacial score (nSPS) is 23.3. The van der Waals surface area contributed by atoms with Crippen LogP contribution < -0.4 is 4.90 Å². The van der Waals surface area contributed by atoms with Crippen LogP contribution in [-0.2, 0) is 4.79 Å². The quantitative estimate of drug-likeness (QED) is 0.855. The first-order chi connectivity index (χ1) is 12.2. The molecule has 0 radical (unpaired) electrons. The third kappa shape index (κ3) is 3.34. The summed E-state index contributed by atoms with van der Waals surface area (Å²) in [4.78, 5) is 21.2. The van der Waals surface area contributed by atoms with E-state index in [-0.39, 0.29) is 5.92 Å². The van der Waals surface area contributed by atoms with E-state index in [4.69, 9.17) is 0 Å². The molecule has 1 saturated heterocycles. The maximum Gasteiger partial charge on any atom is 0.226 e. The van der Waals surface area contributed by atoms with Gasteiger partial charge in [-0.1, -0.05) is 6.07 Å². The average molecular weight is 337 g/mol. The van der Waals surface area contributed by atoms with Crippen molar-refractivity contribution in [1.82, 2.24) is 20.1 Å². The largest absolute Gasteiger partial charge is 0.355 e. The minimum absolute atomic E-state index is 0.151. The minimum Gasteiger partial charge on any atom is -0.355 e. The summed E-state index contributed by atoms with van der Waals surface area (Å²) in [7, 11) is 2.06. The van der Waals surface area contributed by atoms with E-state index in [0.29, 0.717) is 17.9 Å². The van der Waals surface area contributed by atoms with E-state index in [0.717, 1.165) is 38.2 Å². The Morgan fingerprint density at radius 3 is 2.68 bits per heavy atom. The van der Waals surface area contributed by atoms with E-state index in [1.54, 1.807) is 12.4 Å². The number of pyridine rings is 1. The lowest BCUT2D eigenvalue weighted by Gasteiger charge is -2.37. The first-order valence-corrected chi connectivity index (χ1v) is 8.93. The number of hydrogen-bond acceptors (Lipinski definition) is 5. The molecule has 0 N–H and O–H groups in total. The molecular formula is C19H23N5O. The zero-order chi connectivity index (χ0) is 17.2. The molecule has 6 nitrogen and oxygen atoms in total. The van der Waals surface area contributed by atoms with E-state index >= 15 is 0 Å². The molecule has 2 atom stereocenters. The van der Waals surface area contributed by atoms with Crippen LogP contribution in [0.15, 0.2) is 42.9 Å². The summed E-state index contributed by atoms with van der Waals surface area (Å²) in [6.45, 7) is 1.65. The first-order valence-electron chi connectivity index (χ1n) is 8.93. The summed E-state index contributed by atoms with van der Waals surface area (Å²) in [5.74, 6) is 1.72. The Morgan fingerprint density at radius 1 is 1.20 bits per heavy atom. The Morgan fingerprint density at radius 2 is 2.00 bits per heavy atom. The number of carbonyl (C=O) groups is 1. The molecule has 130 valence electrons. The van der Waals surface area contributed by atoms with Crippen molar-refractivity contribution in [2.24, 2.45) is 5.92 Å². The fourth-order valence-electron chi connectivity index (χ4n) is 3.81. The zero-order valence-electron chi connectivity index (χ0n) is 14.5. The van der Waals surface area contributed by atoms with Crippen LogP contribution in [0.1, 0.15) is 30.7 Å². The third-order valence-electron chi connectivity index (χ3n) is 5.46. The molecule has 25 heavy (non-hydrogen) atoms. The Hall–Kier alpha value is -2.50. The Kier molecular flexibility index (Phi) is 4.34. The van der Waals surface area contributed by atoms with Gasteiger partial charge in [0, 0.05) is 50.7 Å². The maximum atomic E-state index is 12.8. The second-order valence-electron chi connectivity index (χ2n) is 6.98. The highest BCUT2D eigenvalue weighted by Gasteiger charge is 2.46. The van der Waals surface area contributed by atoms with Gasteiger partial charge in [0.15, 0.2) is 5.82 Å². The van der Waals surface area contributed by atoms with Gasteiger partial charge in [-0.3, -0.25) is 9.78 Å². The number of carbonyl (C=O) groups excluding carboxylic acids is 1. The summed E-state index contributed by atoms with van der Waals surface area (Å²) in [5.41, 5.74) is 1.19. The number of amides is 1. The second-order valence-corrected chi connectivity index (χ2v) is 6.98. The van der Waals surface area contributed by atoms with Crippen LogP contribution >= 0.6 is 0 Å². The van der Waals surface area contributed by atoms with Crippen molar-refractivity contribution >= 4 is 11.7 Å². The summed E-state index contributed by atoms with van der Waals surface area (Å²) in [6.07, 6.45) is 8.27. The fraction of sp³-hybridized carbons (Fsp3) is 0.474. The number of likely N-dealkylation sites (tertiary alicyclic amines) is 1. The third-order valence-corrected chi connectivity index (χ3v) is 5.46. The van der Waals surface area contributed by atoms with Crippen molar-refractivity contribution in [2.75, 3.05) is 25.0 Å². The highest BCUT2D eigenvalue weighted by Crippen LogP contribution is 2.48. The van der Waals surface area contributed by atoms with Crippen molar-refractivity contribution in [2.45, 2.75) is 31.2 Å². The number of rotatable bonds is 4. The monoisotopic (exact) mass is 337 g/mol. The van der Waals surface area contributed by atoms with Gasteiger partial charge >= 0.3 is 0 Å². The SMILES string of the molecule is CN(c1cccnn1)C1CCN(C(=O)C2CC2c2cccnc2)CC1. The molecule has 0 spiro atoms. The number of aromatic nitrogens is 3. The Balaban J connectivity index is 1.31. The predicted octanol–water partition coefficient (Wildman–Crippen LogP) is 2.10. The summed E-state index contributed by atoms with van der Waals surface area (Å²) in [5, 5.41) is 8.13. The molecular weight excluding hydrogens is 314 g/mol. The van der Waals surface area contributed by atoms with Crippen LogP contribution in [0.5, 0.6) is 0 Å². The molecule has 1 amide bonds. The van der Waals surface area contributed by atoms with Crippen molar-refractivity contribution in [1.29, 1.82) is 0 Å². The van der Waals surface area contributed by atoms with E-state index in [2.05, 4.69) is 33.2 Å². The van der Waals surface area contributed by atoms with Gasteiger partial charge in [0.25, 0.3) is 0 Å². The number of piperidine rings is 1. The summed E-state index contributed by atoms with van der Waals surface area (Å²) < 4.78 is 0. The zero-order valence-corrected chi connectivity index (χ0v) is 14.5. The second kappa shape index (κ2) is 6.78. The molecule has 2 aliphatic rings. The minimum atomic E-state index is 0.151. The van der Waals surface area contributed by atoms with Crippen molar-refractivity contribution in [3.05, 3.63) is 48.4 Å². The lowest BCUT2D eigenvalue weighted by molar-refractivity contribution is -0.133. The Bertz CT molecular complexity index is 715. The topological polar surface area (TPSA) is 62.2 Å². The van der Waals surface area contributed by atoms with Crippen molar-refractivity contribution < 1.29 is 4.79 Å². The maximum absolute atomic E-state index is 12.8. The number of anilines is 1. The fourth-order valence-corrected chi connectivity index (χ4v) is 3.81. The predicted molar refractivity (Wildman–Crippen MR) is 95.1 cm³/mol. The van der Waals surface area contributed by atoms with Gasteiger partial charge in [0.2, 0.25) is 5.91 Å². The van der Waals surface area contributed by atoms with Gasteiger partial charge in [0.05, 0.1) is 0 Å².